The van der Waals surface area contributed by atoms with Crippen LogP contribution in [-0.4, -0.2) is 18.9 Å². The van der Waals surface area contributed by atoms with E-state index in [0.717, 1.165) is 16.3 Å². The summed E-state index contributed by atoms with van der Waals surface area (Å²) in [5.74, 6) is 0. The second-order valence-corrected chi connectivity index (χ2v) is 3.95. The minimum atomic E-state index is 0.250. The maximum Gasteiger partial charge on any atom is 0.187 e. The number of oxime groups is 1. The number of fused-ring (bicyclic) bond motifs is 1. The van der Waals surface area contributed by atoms with Crippen molar-refractivity contribution in [2.45, 2.75) is 0 Å². The molecule has 0 spiro atoms. The van der Waals surface area contributed by atoms with Crippen LogP contribution in [-0.2, 0) is 9.57 Å². The Bertz CT molecular complexity index is 666. The Labute approximate surface area is 117 Å². The zero-order valence-corrected chi connectivity index (χ0v) is 11.0. The Morgan fingerprint density at radius 2 is 2.00 bits per heavy atom. The van der Waals surface area contributed by atoms with Crippen LogP contribution in [0.4, 0.5) is 0 Å². The van der Waals surface area contributed by atoms with E-state index in [1.54, 1.807) is 0 Å². The van der Waals surface area contributed by atoms with Crippen LogP contribution in [0.1, 0.15) is 5.56 Å². The van der Waals surface area contributed by atoms with Gasteiger partial charge in [-0.3, -0.25) is 0 Å². The van der Waals surface area contributed by atoms with Crippen molar-refractivity contribution in [1.29, 1.82) is 5.26 Å². The summed E-state index contributed by atoms with van der Waals surface area (Å²) in [5, 5.41) is 15.1. The summed E-state index contributed by atoms with van der Waals surface area (Å²) in [6.07, 6.45) is 1.34. The first-order chi connectivity index (χ1) is 9.86. The Balaban J connectivity index is 2.24. The SMILES string of the molecule is C=COCCON=C(C#N)c1cccc2ccccc12. The molecule has 0 saturated carbocycles. The van der Waals surface area contributed by atoms with E-state index < -0.39 is 0 Å². The van der Waals surface area contributed by atoms with Crippen molar-refractivity contribution in [3.63, 3.8) is 0 Å². The van der Waals surface area contributed by atoms with Crippen LogP contribution in [0.25, 0.3) is 10.8 Å². The molecule has 0 aliphatic carbocycles. The Morgan fingerprint density at radius 1 is 1.20 bits per heavy atom. The molecule has 0 saturated heterocycles. The lowest BCUT2D eigenvalue weighted by Gasteiger charge is -2.04. The normalized spacial score (nSPS) is 10.8. The standard InChI is InChI=1S/C16H14N2O2/c1-2-19-10-11-20-18-16(12-17)15-9-5-7-13-6-3-4-8-14(13)15/h2-9H,1,10-11H2. The third kappa shape index (κ3) is 3.15. The second kappa shape index (κ2) is 6.95. The van der Waals surface area contributed by atoms with Gasteiger partial charge in [0.2, 0.25) is 0 Å². The van der Waals surface area contributed by atoms with Crippen LogP contribution in [0.5, 0.6) is 0 Å². The van der Waals surface area contributed by atoms with Gasteiger partial charge in [0.25, 0.3) is 0 Å². The number of ether oxygens (including phenoxy) is 1. The van der Waals surface area contributed by atoms with E-state index >= 15 is 0 Å². The number of hydrogen-bond acceptors (Lipinski definition) is 4. The largest absolute Gasteiger partial charge is 0.498 e. The summed E-state index contributed by atoms with van der Waals surface area (Å²) >= 11 is 0. The minimum absolute atomic E-state index is 0.250. The number of nitriles is 1. The summed E-state index contributed by atoms with van der Waals surface area (Å²) in [6, 6.07) is 15.6. The fraction of sp³-hybridized carbons (Fsp3) is 0.125. The third-order valence-electron chi connectivity index (χ3n) is 2.72. The molecule has 4 heteroatoms. The quantitative estimate of drug-likeness (QED) is 0.349. The van der Waals surface area contributed by atoms with Crippen molar-refractivity contribution < 1.29 is 9.57 Å². The molecule has 2 aromatic rings. The van der Waals surface area contributed by atoms with Crippen molar-refractivity contribution in [2.75, 3.05) is 13.2 Å². The van der Waals surface area contributed by atoms with Gasteiger partial charge in [0, 0.05) is 5.56 Å². The highest BCUT2D eigenvalue weighted by atomic mass is 16.6. The van der Waals surface area contributed by atoms with Gasteiger partial charge in [-0.1, -0.05) is 54.2 Å². The molecule has 0 heterocycles. The number of benzene rings is 2. The summed E-state index contributed by atoms with van der Waals surface area (Å²) < 4.78 is 4.91. The smallest absolute Gasteiger partial charge is 0.187 e. The third-order valence-corrected chi connectivity index (χ3v) is 2.72. The molecule has 20 heavy (non-hydrogen) atoms. The first-order valence-electron chi connectivity index (χ1n) is 6.17. The molecule has 0 N–H and O–H groups in total. The lowest BCUT2D eigenvalue weighted by atomic mass is 10.0. The summed E-state index contributed by atoms with van der Waals surface area (Å²) in [4.78, 5) is 5.08. The van der Waals surface area contributed by atoms with E-state index in [2.05, 4.69) is 17.8 Å². The van der Waals surface area contributed by atoms with Gasteiger partial charge in [-0.2, -0.15) is 5.26 Å². The average Bonchev–Trinajstić information content (AvgIpc) is 2.51. The van der Waals surface area contributed by atoms with E-state index in [1.807, 2.05) is 42.5 Å². The van der Waals surface area contributed by atoms with Crippen molar-refractivity contribution in [2.24, 2.45) is 5.16 Å². The van der Waals surface area contributed by atoms with Crippen LogP contribution < -0.4 is 0 Å². The van der Waals surface area contributed by atoms with Crippen LogP contribution in [0.15, 0.2) is 60.5 Å². The first kappa shape index (κ1) is 13.6. The number of rotatable bonds is 6. The highest BCUT2D eigenvalue weighted by Crippen LogP contribution is 2.19. The first-order valence-corrected chi connectivity index (χ1v) is 6.17. The molecular weight excluding hydrogens is 252 g/mol. The molecule has 0 radical (unpaired) electrons. The topological polar surface area (TPSA) is 54.6 Å². The van der Waals surface area contributed by atoms with Crippen molar-refractivity contribution in [3.8, 4) is 6.07 Å². The van der Waals surface area contributed by atoms with Crippen molar-refractivity contribution >= 4 is 16.5 Å². The predicted molar refractivity (Wildman–Crippen MR) is 78.2 cm³/mol. The fourth-order valence-corrected chi connectivity index (χ4v) is 1.84. The average molecular weight is 266 g/mol. The van der Waals surface area contributed by atoms with Gasteiger partial charge < -0.3 is 9.57 Å². The molecule has 0 aliphatic heterocycles. The molecule has 0 bridgehead atoms. The summed E-state index contributed by atoms with van der Waals surface area (Å²) in [6.45, 7) is 4.04. The molecular formula is C16H14N2O2. The number of hydrogen-bond donors (Lipinski definition) is 0. The van der Waals surface area contributed by atoms with Crippen LogP contribution in [0, 0.1) is 11.3 Å². The fourth-order valence-electron chi connectivity index (χ4n) is 1.84. The van der Waals surface area contributed by atoms with E-state index in [0.29, 0.717) is 6.61 Å². The maximum absolute atomic E-state index is 9.23. The predicted octanol–water partition coefficient (Wildman–Crippen LogP) is 3.24. The monoisotopic (exact) mass is 266 g/mol. The van der Waals surface area contributed by atoms with Gasteiger partial charge in [0.15, 0.2) is 12.3 Å². The van der Waals surface area contributed by atoms with Gasteiger partial charge in [0.1, 0.15) is 12.7 Å². The molecule has 2 aromatic carbocycles. The van der Waals surface area contributed by atoms with Crippen molar-refractivity contribution in [3.05, 3.63) is 60.9 Å². The maximum atomic E-state index is 9.23. The van der Waals surface area contributed by atoms with Crippen LogP contribution in [0.3, 0.4) is 0 Å². The molecule has 0 unspecified atom stereocenters. The molecule has 0 aromatic heterocycles. The Morgan fingerprint density at radius 3 is 2.80 bits per heavy atom. The van der Waals surface area contributed by atoms with Gasteiger partial charge in [-0.25, -0.2) is 0 Å². The Hall–Kier alpha value is -2.80. The minimum Gasteiger partial charge on any atom is -0.498 e. The molecule has 0 aliphatic rings. The Kier molecular flexibility index (Phi) is 4.74. The molecule has 0 amide bonds. The molecule has 0 fully saturated rings. The summed E-state index contributed by atoms with van der Waals surface area (Å²) in [7, 11) is 0. The summed E-state index contributed by atoms with van der Waals surface area (Å²) in [5.41, 5.74) is 1.01. The van der Waals surface area contributed by atoms with Gasteiger partial charge in [-0.05, 0) is 10.8 Å². The molecule has 2 rings (SSSR count). The van der Waals surface area contributed by atoms with Crippen LogP contribution in [0.2, 0.25) is 0 Å². The molecule has 4 nitrogen and oxygen atoms in total. The van der Waals surface area contributed by atoms with E-state index in [1.165, 1.54) is 6.26 Å². The number of nitrogens with zero attached hydrogens (tertiary/aromatic N) is 2. The zero-order valence-electron chi connectivity index (χ0n) is 11.0. The van der Waals surface area contributed by atoms with Gasteiger partial charge in [-0.15, -0.1) is 0 Å². The van der Waals surface area contributed by atoms with Gasteiger partial charge >= 0.3 is 0 Å². The van der Waals surface area contributed by atoms with E-state index in [-0.39, 0.29) is 12.3 Å². The van der Waals surface area contributed by atoms with E-state index in [4.69, 9.17) is 9.57 Å². The second-order valence-electron chi connectivity index (χ2n) is 3.95. The highest BCUT2D eigenvalue weighted by Gasteiger charge is 2.07. The van der Waals surface area contributed by atoms with Crippen molar-refractivity contribution in [1.82, 2.24) is 0 Å². The highest BCUT2D eigenvalue weighted by molar-refractivity contribution is 6.18. The van der Waals surface area contributed by atoms with E-state index in [9.17, 15) is 5.26 Å². The lowest BCUT2D eigenvalue weighted by molar-refractivity contribution is 0.0911. The molecule has 100 valence electrons. The molecule has 0 atom stereocenters. The zero-order chi connectivity index (χ0) is 14.2. The lowest BCUT2D eigenvalue weighted by Crippen LogP contribution is -2.03. The van der Waals surface area contributed by atoms with Crippen LogP contribution >= 0.6 is 0 Å². The van der Waals surface area contributed by atoms with Gasteiger partial charge in [0.05, 0.1) is 6.26 Å².